The highest BCUT2D eigenvalue weighted by Crippen LogP contribution is 2.26. The molecule has 12 heavy (non-hydrogen) atoms. The lowest BCUT2D eigenvalue weighted by molar-refractivity contribution is 0.622. The van der Waals surface area contributed by atoms with Crippen LogP contribution >= 0.6 is 15.9 Å². The lowest BCUT2D eigenvalue weighted by Crippen LogP contribution is -1.99. The summed E-state index contributed by atoms with van der Waals surface area (Å²) in [6, 6.07) is 1.63. The SMILES string of the molecule is Cc1c(Br)cc(C=N)c(N)c1F. The van der Waals surface area contributed by atoms with Crippen LogP contribution < -0.4 is 5.73 Å². The molecule has 1 aromatic rings. The fourth-order valence-corrected chi connectivity index (χ4v) is 1.30. The second-order valence-electron chi connectivity index (χ2n) is 2.44. The van der Waals surface area contributed by atoms with Crippen LogP contribution in [0.5, 0.6) is 0 Å². The van der Waals surface area contributed by atoms with Crippen molar-refractivity contribution in [2.24, 2.45) is 0 Å². The molecule has 0 aromatic heterocycles. The third-order valence-corrected chi connectivity index (χ3v) is 2.50. The van der Waals surface area contributed by atoms with Crippen LogP contribution in [0, 0.1) is 18.2 Å². The number of hydrogen-bond donors (Lipinski definition) is 2. The van der Waals surface area contributed by atoms with Crippen LogP contribution in [-0.2, 0) is 0 Å². The Balaban J connectivity index is 3.49. The average molecular weight is 231 g/mol. The van der Waals surface area contributed by atoms with Crippen LogP contribution in [0.1, 0.15) is 11.1 Å². The van der Waals surface area contributed by atoms with Crippen molar-refractivity contribution < 1.29 is 4.39 Å². The minimum Gasteiger partial charge on any atom is -0.396 e. The molecule has 0 fully saturated rings. The molecule has 4 heteroatoms. The third-order valence-electron chi connectivity index (χ3n) is 1.67. The molecule has 0 aliphatic rings. The van der Waals surface area contributed by atoms with Gasteiger partial charge < -0.3 is 11.1 Å². The number of rotatable bonds is 1. The Hall–Kier alpha value is -0.900. The summed E-state index contributed by atoms with van der Waals surface area (Å²) in [6.45, 7) is 1.63. The van der Waals surface area contributed by atoms with Gasteiger partial charge in [0.2, 0.25) is 0 Å². The van der Waals surface area contributed by atoms with Crippen molar-refractivity contribution in [1.82, 2.24) is 0 Å². The van der Waals surface area contributed by atoms with E-state index in [0.717, 1.165) is 6.21 Å². The van der Waals surface area contributed by atoms with Crippen LogP contribution in [0.4, 0.5) is 10.1 Å². The molecule has 0 spiro atoms. The highest BCUT2D eigenvalue weighted by molar-refractivity contribution is 9.10. The monoisotopic (exact) mass is 230 g/mol. The average Bonchev–Trinajstić information content (AvgIpc) is 2.08. The van der Waals surface area contributed by atoms with Crippen LogP contribution in [0.3, 0.4) is 0 Å². The highest BCUT2D eigenvalue weighted by Gasteiger charge is 2.09. The van der Waals surface area contributed by atoms with Crippen LogP contribution in [0.25, 0.3) is 0 Å². The maximum absolute atomic E-state index is 13.2. The molecular formula is C8H8BrFN2. The molecule has 0 saturated carbocycles. The minimum absolute atomic E-state index is 0.0331. The summed E-state index contributed by atoms with van der Waals surface area (Å²) in [4.78, 5) is 0. The van der Waals surface area contributed by atoms with Gasteiger partial charge in [-0.25, -0.2) is 4.39 Å². The first-order valence-corrected chi connectivity index (χ1v) is 4.11. The summed E-state index contributed by atoms with van der Waals surface area (Å²) in [5, 5.41) is 6.96. The van der Waals surface area contributed by atoms with E-state index >= 15 is 0 Å². The Morgan fingerprint density at radius 2 is 2.25 bits per heavy atom. The quantitative estimate of drug-likeness (QED) is 0.566. The molecule has 0 aliphatic carbocycles. The van der Waals surface area contributed by atoms with E-state index in [-0.39, 0.29) is 5.69 Å². The van der Waals surface area contributed by atoms with Crippen molar-refractivity contribution in [1.29, 1.82) is 5.41 Å². The Kier molecular flexibility index (Phi) is 2.47. The molecule has 1 aromatic carbocycles. The maximum atomic E-state index is 13.2. The zero-order valence-corrected chi connectivity index (χ0v) is 8.07. The van der Waals surface area contributed by atoms with Gasteiger partial charge in [-0.05, 0) is 13.0 Å². The number of halogens is 2. The summed E-state index contributed by atoms with van der Waals surface area (Å²) in [5.74, 6) is -0.456. The van der Waals surface area contributed by atoms with E-state index in [4.69, 9.17) is 11.1 Å². The molecule has 2 nitrogen and oxygen atoms in total. The standard InChI is InChI=1S/C8H8BrFN2/c1-4-6(9)2-5(3-11)8(12)7(4)10/h2-3,11H,12H2,1H3. The second-order valence-corrected chi connectivity index (χ2v) is 3.30. The van der Waals surface area contributed by atoms with Gasteiger partial charge in [0.05, 0.1) is 5.69 Å². The van der Waals surface area contributed by atoms with Gasteiger partial charge in [0.15, 0.2) is 5.82 Å². The van der Waals surface area contributed by atoms with Gasteiger partial charge in [-0.15, -0.1) is 0 Å². The van der Waals surface area contributed by atoms with Gasteiger partial charge >= 0.3 is 0 Å². The maximum Gasteiger partial charge on any atom is 0.150 e. The molecule has 1 rings (SSSR count). The van der Waals surface area contributed by atoms with Gasteiger partial charge in [-0.2, -0.15) is 0 Å². The molecule has 64 valence electrons. The predicted molar refractivity (Wildman–Crippen MR) is 51.1 cm³/mol. The van der Waals surface area contributed by atoms with Crippen LogP contribution in [-0.4, -0.2) is 6.21 Å². The number of anilines is 1. The number of nitrogens with two attached hydrogens (primary N) is 1. The van der Waals surface area contributed by atoms with E-state index < -0.39 is 5.82 Å². The largest absolute Gasteiger partial charge is 0.396 e. The lowest BCUT2D eigenvalue weighted by atomic mass is 10.1. The molecular weight excluding hydrogens is 223 g/mol. The fourth-order valence-electron chi connectivity index (χ4n) is 0.876. The van der Waals surface area contributed by atoms with Gasteiger partial charge in [-0.3, -0.25) is 0 Å². The van der Waals surface area contributed by atoms with Gasteiger partial charge in [0.25, 0.3) is 0 Å². The molecule has 3 N–H and O–H groups in total. The van der Waals surface area contributed by atoms with Crippen molar-refractivity contribution in [2.45, 2.75) is 6.92 Å². The van der Waals surface area contributed by atoms with E-state index in [0.29, 0.717) is 15.6 Å². The van der Waals surface area contributed by atoms with E-state index in [1.54, 1.807) is 13.0 Å². The van der Waals surface area contributed by atoms with E-state index in [1.165, 1.54) is 0 Å². The first kappa shape index (κ1) is 9.19. The van der Waals surface area contributed by atoms with Crippen molar-refractivity contribution in [3.63, 3.8) is 0 Å². The zero-order chi connectivity index (χ0) is 9.30. The summed E-state index contributed by atoms with van der Waals surface area (Å²) >= 11 is 3.17. The first-order valence-electron chi connectivity index (χ1n) is 3.32. The van der Waals surface area contributed by atoms with Crippen molar-refractivity contribution in [3.8, 4) is 0 Å². The number of hydrogen-bond acceptors (Lipinski definition) is 2. The minimum atomic E-state index is -0.456. The van der Waals surface area contributed by atoms with Crippen molar-refractivity contribution in [2.75, 3.05) is 5.73 Å². The van der Waals surface area contributed by atoms with E-state index in [9.17, 15) is 4.39 Å². The number of nitrogens with one attached hydrogen (secondary N) is 1. The predicted octanol–water partition coefficient (Wildman–Crippen LogP) is 2.48. The number of nitrogen functional groups attached to an aromatic ring is 1. The normalized spacial score (nSPS) is 9.92. The van der Waals surface area contributed by atoms with Crippen molar-refractivity contribution in [3.05, 3.63) is 27.5 Å². The molecule has 0 unspecified atom stereocenters. The molecule has 0 saturated heterocycles. The van der Waals surface area contributed by atoms with Gasteiger partial charge in [0, 0.05) is 21.8 Å². The third kappa shape index (κ3) is 1.34. The summed E-state index contributed by atoms with van der Waals surface area (Å²) in [6.07, 6.45) is 1.03. The lowest BCUT2D eigenvalue weighted by Gasteiger charge is -2.06. The van der Waals surface area contributed by atoms with Crippen LogP contribution in [0.15, 0.2) is 10.5 Å². The Morgan fingerprint density at radius 3 is 2.75 bits per heavy atom. The molecule has 0 aliphatic heterocycles. The zero-order valence-electron chi connectivity index (χ0n) is 6.49. The number of benzene rings is 1. The van der Waals surface area contributed by atoms with Gasteiger partial charge in [0.1, 0.15) is 0 Å². The smallest absolute Gasteiger partial charge is 0.150 e. The first-order chi connectivity index (χ1) is 5.57. The van der Waals surface area contributed by atoms with E-state index in [1.807, 2.05) is 0 Å². The second kappa shape index (κ2) is 3.23. The Bertz CT molecular complexity index is 336. The molecule has 0 amide bonds. The molecule has 0 atom stereocenters. The summed E-state index contributed by atoms with van der Waals surface area (Å²) < 4.78 is 13.8. The van der Waals surface area contributed by atoms with Crippen molar-refractivity contribution >= 4 is 27.8 Å². The Morgan fingerprint density at radius 1 is 1.67 bits per heavy atom. The van der Waals surface area contributed by atoms with Gasteiger partial charge in [-0.1, -0.05) is 15.9 Å². The fraction of sp³-hybridized carbons (Fsp3) is 0.125. The summed E-state index contributed by atoms with van der Waals surface area (Å²) in [7, 11) is 0. The molecule has 0 heterocycles. The van der Waals surface area contributed by atoms with E-state index in [2.05, 4.69) is 15.9 Å². The molecule has 0 bridgehead atoms. The Labute approximate surface area is 78.2 Å². The van der Waals surface area contributed by atoms with Crippen LogP contribution in [0.2, 0.25) is 0 Å². The highest BCUT2D eigenvalue weighted by atomic mass is 79.9. The topological polar surface area (TPSA) is 49.9 Å². The summed E-state index contributed by atoms with van der Waals surface area (Å²) in [5.41, 5.74) is 6.31. The molecule has 0 radical (unpaired) electrons.